The molecule has 0 saturated heterocycles. The van der Waals surface area contributed by atoms with Gasteiger partial charge in [0, 0.05) is 17.7 Å². The number of phenols is 1. The van der Waals surface area contributed by atoms with E-state index in [2.05, 4.69) is 10.1 Å². The van der Waals surface area contributed by atoms with Gasteiger partial charge in [0.25, 0.3) is 5.89 Å². The number of hydrogen-bond acceptors (Lipinski definition) is 5. The van der Waals surface area contributed by atoms with E-state index in [1.165, 1.54) is 0 Å². The molecular formula is C16H20N2O3. The molecule has 0 atom stereocenters. The van der Waals surface area contributed by atoms with Crippen LogP contribution in [-0.4, -0.2) is 21.9 Å². The lowest BCUT2D eigenvalue weighted by Crippen LogP contribution is -2.27. The Morgan fingerprint density at radius 1 is 1.33 bits per heavy atom. The van der Waals surface area contributed by atoms with E-state index in [0.29, 0.717) is 18.3 Å². The molecule has 0 radical (unpaired) electrons. The molecule has 0 aliphatic heterocycles. The van der Waals surface area contributed by atoms with Gasteiger partial charge >= 0.3 is 0 Å². The Hall–Kier alpha value is -1.88. The lowest BCUT2D eigenvalue weighted by atomic mass is 10.0. The van der Waals surface area contributed by atoms with Gasteiger partial charge in [-0.15, -0.1) is 0 Å². The minimum Gasteiger partial charge on any atom is -0.508 e. The topological polar surface area (TPSA) is 68.4 Å². The van der Waals surface area contributed by atoms with Gasteiger partial charge in [-0.05, 0) is 51.7 Å². The number of ether oxygens (including phenoxy) is 1. The van der Waals surface area contributed by atoms with Gasteiger partial charge in [0.2, 0.25) is 5.82 Å². The van der Waals surface area contributed by atoms with Crippen LogP contribution in [0.25, 0.3) is 11.5 Å². The normalized spacial score (nSPS) is 17.2. The van der Waals surface area contributed by atoms with E-state index in [-0.39, 0.29) is 5.75 Å². The van der Waals surface area contributed by atoms with Crippen molar-refractivity contribution in [1.29, 1.82) is 0 Å². The fourth-order valence-corrected chi connectivity index (χ4v) is 3.03. The quantitative estimate of drug-likeness (QED) is 0.931. The van der Waals surface area contributed by atoms with Crippen LogP contribution in [0, 0.1) is 6.92 Å². The molecule has 1 N–H and O–H groups in total. The molecule has 0 amide bonds. The lowest BCUT2D eigenvalue weighted by molar-refractivity contribution is -0.0469. The van der Waals surface area contributed by atoms with Crippen LogP contribution in [0.5, 0.6) is 5.75 Å². The van der Waals surface area contributed by atoms with Gasteiger partial charge in [-0.25, -0.2) is 0 Å². The lowest BCUT2D eigenvalue weighted by Gasteiger charge is -2.24. The summed E-state index contributed by atoms with van der Waals surface area (Å²) in [4.78, 5) is 4.54. The summed E-state index contributed by atoms with van der Waals surface area (Å²) >= 11 is 0. The first kappa shape index (κ1) is 14.1. The van der Waals surface area contributed by atoms with E-state index in [9.17, 15) is 5.11 Å². The molecule has 1 saturated carbocycles. The molecule has 1 aliphatic rings. The Balaban J connectivity index is 1.98. The van der Waals surface area contributed by atoms with Crippen molar-refractivity contribution in [3.8, 4) is 17.2 Å². The molecule has 0 spiro atoms. The van der Waals surface area contributed by atoms with Crippen molar-refractivity contribution < 1.29 is 14.4 Å². The zero-order chi connectivity index (χ0) is 14.9. The van der Waals surface area contributed by atoms with E-state index in [1.807, 2.05) is 19.9 Å². The van der Waals surface area contributed by atoms with Crippen molar-refractivity contribution in [2.24, 2.45) is 0 Å². The molecule has 1 aromatic heterocycles. The third-order valence-electron chi connectivity index (χ3n) is 4.20. The maximum atomic E-state index is 9.80. The van der Waals surface area contributed by atoms with Gasteiger partial charge < -0.3 is 14.4 Å². The number of hydrogen-bond donors (Lipinski definition) is 1. The Bertz CT molecular complexity index is 630. The van der Waals surface area contributed by atoms with Gasteiger partial charge in [0.15, 0.2) is 0 Å². The van der Waals surface area contributed by atoms with E-state index in [0.717, 1.165) is 36.8 Å². The summed E-state index contributed by atoms with van der Waals surface area (Å²) in [6.07, 6.45) is 4.10. The van der Waals surface area contributed by atoms with E-state index >= 15 is 0 Å². The molecule has 1 heterocycles. The maximum absolute atomic E-state index is 9.80. The summed E-state index contributed by atoms with van der Waals surface area (Å²) in [5, 5.41) is 13.9. The van der Waals surface area contributed by atoms with Crippen LogP contribution in [0.1, 0.15) is 44.0 Å². The summed E-state index contributed by atoms with van der Waals surface area (Å²) in [5.74, 6) is 1.29. The number of rotatable bonds is 4. The highest BCUT2D eigenvalue weighted by Crippen LogP contribution is 2.41. The molecular weight excluding hydrogens is 268 g/mol. The molecule has 1 fully saturated rings. The van der Waals surface area contributed by atoms with Crippen LogP contribution in [0.4, 0.5) is 0 Å². The second-order valence-corrected chi connectivity index (χ2v) is 5.51. The standard InChI is InChI=1S/C16H20N2O3/c1-3-20-16(9-4-5-10-16)15-17-14(21-18-15)12-7-6-8-13(19)11(12)2/h6-8,19H,3-5,9-10H2,1-2H3. The molecule has 2 aromatic rings. The maximum Gasteiger partial charge on any atom is 0.258 e. The van der Waals surface area contributed by atoms with Crippen LogP contribution in [-0.2, 0) is 10.3 Å². The highest BCUT2D eigenvalue weighted by atomic mass is 16.5. The van der Waals surface area contributed by atoms with Crippen LogP contribution in [0.15, 0.2) is 22.7 Å². The van der Waals surface area contributed by atoms with E-state index in [4.69, 9.17) is 9.26 Å². The van der Waals surface area contributed by atoms with Crippen molar-refractivity contribution in [1.82, 2.24) is 10.1 Å². The molecule has 112 valence electrons. The summed E-state index contributed by atoms with van der Waals surface area (Å²) in [6.45, 7) is 4.46. The van der Waals surface area contributed by atoms with E-state index in [1.54, 1.807) is 12.1 Å². The van der Waals surface area contributed by atoms with Crippen LogP contribution in [0.3, 0.4) is 0 Å². The first-order chi connectivity index (χ1) is 10.2. The van der Waals surface area contributed by atoms with Gasteiger partial charge in [-0.3, -0.25) is 0 Å². The van der Waals surface area contributed by atoms with E-state index < -0.39 is 5.60 Å². The second-order valence-electron chi connectivity index (χ2n) is 5.51. The van der Waals surface area contributed by atoms with Crippen molar-refractivity contribution in [3.63, 3.8) is 0 Å². The van der Waals surface area contributed by atoms with Gasteiger partial charge in [-0.2, -0.15) is 4.98 Å². The molecule has 1 aromatic carbocycles. The molecule has 3 rings (SSSR count). The van der Waals surface area contributed by atoms with Crippen LogP contribution < -0.4 is 0 Å². The first-order valence-electron chi connectivity index (χ1n) is 7.43. The van der Waals surface area contributed by atoms with Gasteiger partial charge in [-0.1, -0.05) is 11.2 Å². The average molecular weight is 288 g/mol. The zero-order valence-corrected chi connectivity index (χ0v) is 12.4. The highest BCUT2D eigenvalue weighted by molar-refractivity contribution is 5.61. The Morgan fingerprint density at radius 3 is 2.81 bits per heavy atom. The minimum atomic E-state index is -0.402. The second kappa shape index (κ2) is 5.48. The number of nitrogens with zero attached hydrogens (tertiary/aromatic N) is 2. The van der Waals surface area contributed by atoms with Crippen LogP contribution >= 0.6 is 0 Å². The smallest absolute Gasteiger partial charge is 0.258 e. The molecule has 0 unspecified atom stereocenters. The summed E-state index contributed by atoms with van der Waals surface area (Å²) < 4.78 is 11.4. The molecule has 0 bridgehead atoms. The van der Waals surface area contributed by atoms with Crippen LogP contribution in [0.2, 0.25) is 0 Å². The predicted molar refractivity (Wildman–Crippen MR) is 77.9 cm³/mol. The number of aromatic nitrogens is 2. The fraction of sp³-hybridized carbons (Fsp3) is 0.500. The first-order valence-corrected chi connectivity index (χ1v) is 7.43. The predicted octanol–water partition coefficient (Wildman–Crippen LogP) is 3.56. The molecule has 5 nitrogen and oxygen atoms in total. The van der Waals surface area contributed by atoms with Gasteiger partial charge in [0.1, 0.15) is 11.4 Å². The summed E-state index contributed by atoms with van der Waals surface area (Å²) in [7, 11) is 0. The molecule has 5 heteroatoms. The van der Waals surface area contributed by atoms with Crippen molar-refractivity contribution >= 4 is 0 Å². The molecule has 1 aliphatic carbocycles. The van der Waals surface area contributed by atoms with Crippen molar-refractivity contribution in [2.45, 2.75) is 45.1 Å². The molecule has 21 heavy (non-hydrogen) atoms. The summed E-state index contributed by atoms with van der Waals surface area (Å²) in [6, 6.07) is 5.29. The minimum absolute atomic E-state index is 0.229. The number of benzene rings is 1. The van der Waals surface area contributed by atoms with Crippen molar-refractivity contribution in [2.75, 3.05) is 6.61 Å². The fourth-order valence-electron chi connectivity index (χ4n) is 3.03. The third-order valence-corrected chi connectivity index (χ3v) is 4.20. The van der Waals surface area contributed by atoms with Gasteiger partial charge in [0.05, 0.1) is 0 Å². The number of aromatic hydroxyl groups is 1. The monoisotopic (exact) mass is 288 g/mol. The highest BCUT2D eigenvalue weighted by Gasteiger charge is 2.41. The number of phenolic OH excluding ortho intramolecular Hbond substituents is 1. The average Bonchev–Trinajstić information content (AvgIpc) is 3.12. The SMILES string of the molecule is CCOC1(c2noc(-c3cccc(O)c3C)n2)CCCC1. The Labute approximate surface area is 123 Å². The zero-order valence-electron chi connectivity index (χ0n) is 12.4. The largest absolute Gasteiger partial charge is 0.508 e. The Kier molecular flexibility index (Phi) is 3.68. The van der Waals surface area contributed by atoms with Crippen molar-refractivity contribution in [3.05, 3.63) is 29.6 Å². The third kappa shape index (κ3) is 2.42. The Morgan fingerprint density at radius 2 is 2.10 bits per heavy atom. The summed E-state index contributed by atoms with van der Waals surface area (Å²) in [5.41, 5.74) is 1.10.